The number of carboxylic acid groups (broad SMARTS) is 3. The van der Waals surface area contributed by atoms with Crippen LogP contribution in [0.1, 0.15) is 119 Å². The SMILES string of the molecule is CCCCC(CC)C(=O)[O-].CCCCC(CC)C(=O)[O-].CCCCC(CC)C(=O)[O-].[Ca+2].[K+]. The van der Waals surface area contributed by atoms with Gasteiger partial charge in [0, 0.05) is 17.9 Å². The van der Waals surface area contributed by atoms with Crippen molar-refractivity contribution in [1.82, 2.24) is 0 Å². The molecule has 0 spiro atoms. The molecule has 0 radical (unpaired) electrons. The summed E-state index contributed by atoms with van der Waals surface area (Å²) in [6.07, 6.45) is 10.6. The summed E-state index contributed by atoms with van der Waals surface area (Å²) in [7, 11) is 0. The largest absolute Gasteiger partial charge is 2.00 e. The van der Waals surface area contributed by atoms with Crippen molar-refractivity contribution in [3.63, 3.8) is 0 Å². The molecule has 6 nitrogen and oxygen atoms in total. The Bertz CT molecular complexity index is 373. The van der Waals surface area contributed by atoms with Gasteiger partial charge < -0.3 is 29.7 Å². The van der Waals surface area contributed by atoms with Crippen molar-refractivity contribution < 1.29 is 81.1 Å². The van der Waals surface area contributed by atoms with Crippen LogP contribution in [0.15, 0.2) is 0 Å². The van der Waals surface area contributed by atoms with Gasteiger partial charge in [0.05, 0.1) is 0 Å². The Morgan fingerprint density at radius 3 is 0.812 bits per heavy atom. The molecule has 0 saturated carbocycles. The van der Waals surface area contributed by atoms with E-state index in [0.29, 0.717) is 19.3 Å². The Kier molecular flexibility index (Phi) is 43.8. The summed E-state index contributed by atoms with van der Waals surface area (Å²) in [5, 5.41) is 31.0. The van der Waals surface area contributed by atoms with Gasteiger partial charge in [-0.1, -0.05) is 80.1 Å². The molecule has 180 valence electrons. The van der Waals surface area contributed by atoms with Gasteiger partial charge in [0.2, 0.25) is 0 Å². The van der Waals surface area contributed by atoms with Crippen molar-refractivity contribution in [2.45, 2.75) is 119 Å². The van der Waals surface area contributed by atoms with Gasteiger partial charge in [0.25, 0.3) is 0 Å². The average molecular weight is 509 g/mol. The Morgan fingerprint density at radius 2 is 0.719 bits per heavy atom. The third-order valence-electron chi connectivity index (χ3n) is 5.20. The molecular weight excluding hydrogens is 463 g/mol. The van der Waals surface area contributed by atoms with E-state index >= 15 is 0 Å². The number of carbonyl (C=O) groups excluding carboxylic acids is 3. The first-order valence-electron chi connectivity index (χ1n) is 11.8. The fourth-order valence-corrected chi connectivity index (χ4v) is 2.82. The van der Waals surface area contributed by atoms with Gasteiger partial charge in [-0.2, -0.15) is 0 Å². The van der Waals surface area contributed by atoms with Gasteiger partial charge in [0.1, 0.15) is 0 Å². The molecule has 0 N–H and O–H groups in total. The number of unbranched alkanes of at least 4 members (excludes halogenated alkanes) is 3. The minimum atomic E-state index is -0.893. The maximum atomic E-state index is 10.3. The number of carboxylic acids is 3. The zero-order valence-corrected chi connectivity index (χ0v) is 27.2. The van der Waals surface area contributed by atoms with Crippen molar-refractivity contribution in [2.24, 2.45) is 17.8 Å². The van der Waals surface area contributed by atoms with Gasteiger partial charge in [-0.05, 0) is 56.3 Å². The second-order valence-corrected chi connectivity index (χ2v) is 7.70. The average Bonchev–Trinajstić information content (AvgIpc) is 2.70. The summed E-state index contributed by atoms with van der Waals surface area (Å²) < 4.78 is 0. The van der Waals surface area contributed by atoms with Gasteiger partial charge in [-0.3, -0.25) is 0 Å². The molecule has 32 heavy (non-hydrogen) atoms. The Hall–Kier alpha value is 1.31. The summed E-state index contributed by atoms with van der Waals surface area (Å²) in [6, 6.07) is 0. The molecule has 8 heteroatoms. The second-order valence-electron chi connectivity index (χ2n) is 7.70. The molecule has 3 atom stereocenters. The van der Waals surface area contributed by atoms with E-state index in [9.17, 15) is 29.7 Å². The van der Waals surface area contributed by atoms with E-state index in [2.05, 4.69) is 20.8 Å². The smallest absolute Gasteiger partial charge is 0.550 e. The molecule has 0 heterocycles. The Morgan fingerprint density at radius 1 is 0.531 bits per heavy atom. The van der Waals surface area contributed by atoms with Gasteiger partial charge in [-0.15, -0.1) is 0 Å². The molecule has 0 aromatic heterocycles. The Labute approximate surface area is 269 Å². The van der Waals surface area contributed by atoms with E-state index in [0.717, 1.165) is 57.8 Å². The third kappa shape index (κ3) is 29.3. The maximum absolute atomic E-state index is 10.3. The molecule has 0 amide bonds. The number of hydrogen-bond acceptors (Lipinski definition) is 6. The molecule has 0 rings (SSSR count). The Balaban J connectivity index is -0.000000110. The summed E-state index contributed by atoms with van der Waals surface area (Å²) in [5.41, 5.74) is 0. The molecule has 0 bridgehead atoms. The van der Waals surface area contributed by atoms with Crippen molar-refractivity contribution in [3.05, 3.63) is 0 Å². The van der Waals surface area contributed by atoms with Crippen LogP contribution in [0.4, 0.5) is 0 Å². The fraction of sp³-hybridized carbons (Fsp3) is 0.875. The van der Waals surface area contributed by atoms with Crippen LogP contribution in [-0.2, 0) is 14.4 Å². The zero-order chi connectivity index (χ0) is 23.9. The quantitative estimate of drug-likeness (QED) is 0.275. The molecular formula is C24H45CaKO6. The summed E-state index contributed by atoms with van der Waals surface area (Å²) in [5.74, 6) is -3.34. The first kappa shape index (κ1) is 43.4. The van der Waals surface area contributed by atoms with E-state index in [-0.39, 0.29) is 107 Å². The van der Waals surface area contributed by atoms with Crippen LogP contribution in [0.25, 0.3) is 0 Å². The van der Waals surface area contributed by atoms with Crippen LogP contribution in [-0.4, -0.2) is 55.6 Å². The number of carbonyl (C=O) groups is 3. The van der Waals surface area contributed by atoms with Crippen LogP contribution in [0.3, 0.4) is 0 Å². The van der Waals surface area contributed by atoms with Crippen molar-refractivity contribution in [3.8, 4) is 0 Å². The van der Waals surface area contributed by atoms with Gasteiger partial charge in [-0.25, -0.2) is 0 Å². The summed E-state index contributed by atoms with van der Waals surface area (Å²) in [4.78, 5) is 31.0. The molecule has 0 saturated heterocycles. The van der Waals surface area contributed by atoms with Crippen LogP contribution < -0.4 is 66.7 Å². The number of hydrogen-bond donors (Lipinski definition) is 0. The van der Waals surface area contributed by atoms with Crippen molar-refractivity contribution in [2.75, 3.05) is 0 Å². The van der Waals surface area contributed by atoms with Crippen molar-refractivity contribution >= 4 is 55.6 Å². The van der Waals surface area contributed by atoms with Crippen LogP contribution in [0.2, 0.25) is 0 Å². The van der Waals surface area contributed by atoms with Gasteiger partial charge in [0.15, 0.2) is 0 Å². The molecule has 0 fully saturated rings. The minimum Gasteiger partial charge on any atom is -0.550 e. The molecule has 0 aliphatic carbocycles. The second kappa shape index (κ2) is 32.3. The van der Waals surface area contributed by atoms with E-state index in [4.69, 9.17) is 0 Å². The van der Waals surface area contributed by atoms with E-state index in [1.807, 2.05) is 20.8 Å². The van der Waals surface area contributed by atoms with Gasteiger partial charge >= 0.3 is 89.1 Å². The molecule has 3 unspecified atom stereocenters. The normalized spacial score (nSPS) is 12.2. The van der Waals surface area contributed by atoms with Crippen molar-refractivity contribution in [1.29, 1.82) is 0 Å². The summed E-state index contributed by atoms with van der Waals surface area (Å²) >= 11 is 0. The van der Waals surface area contributed by atoms with Crippen LogP contribution in [0, 0.1) is 17.8 Å². The zero-order valence-electron chi connectivity index (χ0n) is 21.9. The van der Waals surface area contributed by atoms with Crippen LogP contribution >= 0.6 is 0 Å². The monoisotopic (exact) mass is 508 g/mol. The van der Waals surface area contributed by atoms with E-state index in [1.54, 1.807) is 0 Å². The molecule has 0 aliphatic heterocycles. The molecule has 0 aromatic carbocycles. The maximum Gasteiger partial charge on any atom is 2.00 e. The number of aliphatic carboxylic acids is 3. The first-order chi connectivity index (χ1) is 14.2. The minimum absolute atomic E-state index is 0. The topological polar surface area (TPSA) is 120 Å². The van der Waals surface area contributed by atoms with Crippen LogP contribution in [0.5, 0.6) is 0 Å². The molecule has 0 aliphatic rings. The first-order valence-corrected chi connectivity index (χ1v) is 11.8. The predicted molar refractivity (Wildman–Crippen MR) is 121 cm³/mol. The number of rotatable bonds is 15. The predicted octanol–water partition coefficient (Wildman–Crippen LogP) is -0.519. The third-order valence-corrected chi connectivity index (χ3v) is 5.20. The van der Waals surface area contributed by atoms with E-state index < -0.39 is 17.9 Å². The van der Waals surface area contributed by atoms with E-state index in [1.165, 1.54) is 0 Å². The standard InChI is InChI=1S/3C8H16O2.Ca.K/c3*1-3-5-6-7(4-2)8(9)10;;/h3*7H,3-6H2,1-2H3,(H,9,10);;/q;;;+2;+1/p-3. The summed E-state index contributed by atoms with van der Waals surface area (Å²) in [6.45, 7) is 11.8. The molecule has 0 aromatic rings. The fourth-order valence-electron chi connectivity index (χ4n) is 2.82.